The fraction of sp³-hybridized carbons (Fsp3) is 0.533. The van der Waals surface area contributed by atoms with Crippen molar-refractivity contribution < 1.29 is 18.0 Å². The molecule has 3 nitrogen and oxygen atoms in total. The Morgan fingerprint density at radius 1 is 1.29 bits per heavy atom. The molecule has 0 aliphatic heterocycles. The number of amides is 1. The van der Waals surface area contributed by atoms with Gasteiger partial charge >= 0.3 is 6.18 Å². The summed E-state index contributed by atoms with van der Waals surface area (Å²) in [6.07, 6.45) is -2.27. The zero-order valence-electron chi connectivity index (χ0n) is 11.6. The first-order valence-electron chi connectivity index (χ1n) is 7.05. The van der Waals surface area contributed by atoms with Crippen LogP contribution in [0.5, 0.6) is 0 Å². The molecule has 2 atom stereocenters. The third-order valence-electron chi connectivity index (χ3n) is 3.85. The molecule has 0 radical (unpaired) electrons. The predicted octanol–water partition coefficient (Wildman–Crippen LogP) is 3.25. The van der Waals surface area contributed by atoms with Crippen LogP contribution in [0.1, 0.15) is 31.2 Å². The Morgan fingerprint density at radius 2 is 2.00 bits per heavy atom. The summed E-state index contributed by atoms with van der Waals surface area (Å²) in [4.78, 5) is 12.0. The maximum Gasteiger partial charge on any atom is 0.393 e. The third-order valence-corrected chi connectivity index (χ3v) is 3.85. The Bertz CT molecular complexity index is 502. The molecular formula is C15H19F3N2O. The molecule has 116 valence electrons. The molecule has 1 fully saturated rings. The number of carbonyl (C=O) groups is 1. The minimum Gasteiger partial charge on any atom is -0.327 e. The Labute approximate surface area is 121 Å². The standard InChI is InChI=1S/C15H19F3N2O/c16-15(17,18)9-11-4-1-2-7-13(11)20-14(21)8-10-5-3-6-12(10)19/h1-2,4,7,10,12H,3,5-6,8-9,19H2,(H,20,21)/t10-,12+/m0/s1. The number of hydrogen-bond acceptors (Lipinski definition) is 2. The lowest BCUT2D eigenvalue weighted by Gasteiger charge is -2.16. The zero-order valence-corrected chi connectivity index (χ0v) is 11.6. The van der Waals surface area contributed by atoms with E-state index in [9.17, 15) is 18.0 Å². The fourth-order valence-electron chi connectivity index (χ4n) is 2.77. The first kappa shape index (κ1) is 15.8. The van der Waals surface area contributed by atoms with E-state index in [2.05, 4.69) is 5.32 Å². The molecule has 0 heterocycles. The van der Waals surface area contributed by atoms with Crippen molar-refractivity contribution in [2.75, 3.05) is 5.32 Å². The molecule has 1 aliphatic rings. The van der Waals surface area contributed by atoms with Crippen molar-refractivity contribution in [3.8, 4) is 0 Å². The van der Waals surface area contributed by atoms with Gasteiger partial charge in [0.2, 0.25) is 5.91 Å². The highest BCUT2D eigenvalue weighted by Gasteiger charge is 2.30. The van der Waals surface area contributed by atoms with Crippen molar-refractivity contribution in [1.82, 2.24) is 0 Å². The molecule has 21 heavy (non-hydrogen) atoms. The summed E-state index contributed by atoms with van der Waals surface area (Å²) in [5.74, 6) is -0.147. The van der Waals surface area contributed by atoms with Gasteiger partial charge in [-0.2, -0.15) is 13.2 Å². The maximum absolute atomic E-state index is 12.5. The lowest BCUT2D eigenvalue weighted by Crippen LogP contribution is -2.28. The minimum atomic E-state index is -4.30. The SMILES string of the molecule is N[C@@H]1CCC[C@H]1CC(=O)Nc1ccccc1CC(F)(F)F. The number of nitrogens with two attached hydrogens (primary N) is 1. The summed E-state index contributed by atoms with van der Waals surface area (Å²) in [7, 11) is 0. The van der Waals surface area contributed by atoms with Gasteiger partial charge in [0.05, 0.1) is 6.42 Å². The summed E-state index contributed by atoms with van der Waals surface area (Å²) in [5.41, 5.74) is 6.21. The number of nitrogens with one attached hydrogen (secondary N) is 1. The Hall–Kier alpha value is -1.56. The smallest absolute Gasteiger partial charge is 0.327 e. The van der Waals surface area contributed by atoms with Gasteiger partial charge in [0.1, 0.15) is 0 Å². The van der Waals surface area contributed by atoms with Crippen molar-refractivity contribution in [2.24, 2.45) is 11.7 Å². The van der Waals surface area contributed by atoms with Crippen LogP contribution in [0.3, 0.4) is 0 Å². The second-order valence-electron chi connectivity index (χ2n) is 5.56. The summed E-state index contributed by atoms with van der Waals surface area (Å²) >= 11 is 0. The van der Waals surface area contributed by atoms with Gasteiger partial charge in [-0.1, -0.05) is 24.6 Å². The average molecular weight is 300 g/mol. The van der Waals surface area contributed by atoms with E-state index in [1.807, 2.05) is 0 Å². The molecule has 0 unspecified atom stereocenters. The number of carbonyl (C=O) groups excluding carboxylic acids is 1. The summed E-state index contributed by atoms with van der Waals surface area (Å²) in [6, 6.07) is 6.03. The normalized spacial score (nSPS) is 22.3. The lowest BCUT2D eigenvalue weighted by atomic mass is 9.99. The largest absolute Gasteiger partial charge is 0.393 e. The Kier molecular flexibility index (Phi) is 4.88. The maximum atomic E-state index is 12.5. The van der Waals surface area contributed by atoms with E-state index >= 15 is 0 Å². The van der Waals surface area contributed by atoms with Gasteiger partial charge < -0.3 is 11.1 Å². The molecule has 0 aromatic heterocycles. The average Bonchev–Trinajstić information content (AvgIpc) is 2.76. The van der Waals surface area contributed by atoms with E-state index in [0.717, 1.165) is 19.3 Å². The van der Waals surface area contributed by atoms with Crippen LogP contribution < -0.4 is 11.1 Å². The van der Waals surface area contributed by atoms with Gasteiger partial charge in [-0.3, -0.25) is 4.79 Å². The van der Waals surface area contributed by atoms with Crippen LogP contribution in [0.25, 0.3) is 0 Å². The Morgan fingerprint density at radius 3 is 2.62 bits per heavy atom. The van der Waals surface area contributed by atoms with Crippen molar-refractivity contribution in [2.45, 2.75) is 44.3 Å². The summed E-state index contributed by atoms with van der Waals surface area (Å²) < 4.78 is 37.5. The van der Waals surface area contributed by atoms with Crippen LogP contribution in [-0.2, 0) is 11.2 Å². The van der Waals surface area contributed by atoms with Crippen molar-refractivity contribution >= 4 is 11.6 Å². The molecule has 1 amide bonds. The van der Waals surface area contributed by atoms with E-state index in [4.69, 9.17) is 5.73 Å². The van der Waals surface area contributed by atoms with Crippen molar-refractivity contribution in [3.05, 3.63) is 29.8 Å². The van der Waals surface area contributed by atoms with Gasteiger partial charge in [0.25, 0.3) is 0 Å². The van der Waals surface area contributed by atoms with Gasteiger partial charge in [-0.05, 0) is 30.4 Å². The summed E-state index contributed by atoms with van der Waals surface area (Å²) in [5, 5.41) is 2.59. The van der Waals surface area contributed by atoms with E-state index in [-0.39, 0.29) is 35.5 Å². The van der Waals surface area contributed by atoms with E-state index in [1.165, 1.54) is 18.2 Å². The number of halogens is 3. The van der Waals surface area contributed by atoms with E-state index in [0.29, 0.717) is 0 Å². The molecule has 1 aromatic carbocycles. The highest BCUT2D eigenvalue weighted by molar-refractivity contribution is 5.91. The third kappa shape index (κ3) is 4.74. The van der Waals surface area contributed by atoms with Gasteiger partial charge in [-0.25, -0.2) is 0 Å². The lowest BCUT2D eigenvalue weighted by molar-refractivity contribution is -0.127. The topological polar surface area (TPSA) is 55.1 Å². The van der Waals surface area contributed by atoms with Crippen molar-refractivity contribution in [3.63, 3.8) is 0 Å². The molecule has 1 saturated carbocycles. The van der Waals surface area contributed by atoms with Gasteiger partial charge in [0, 0.05) is 18.2 Å². The quantitative estimate of drug-likeness (QED) is 0.897. The molecule has 2 rings (SSSR count). The molecule has 0 bridgehead atoms. The van der Waals surface area contributed by atoms with E-state index in [1.54, 1.807) is 6.07 Å². The number of alkyl halides is 3. The van der Waals surface area contributed by atoms with Crippen LogP contribution in [0.4, 0.5) is 18.9 Å². The summed E-state index contributed by atoms with van der Waals surface area (Å²) in [6.45, 7) is 0. The number of anilines is 1. The van der Waals surface area contributed by atoms with Crippen molar-refractivity contribution in [1.29, 1.82) is 0 Å². The second-order valence-corrected chi connectivity index (χ2v) is 5.56. The van der Waals surface area contributed by atoms with Crippen LogP contribution >= 0.6 is 0 Å². The molecule has 3 N–H and O–H groups in total. The van der Waals surface area contributed by atoms with Crippen LogP contribution in [-0.4, -0.2) is 18.1 Å². The predicted molar refractivity (Wildman–Crippen MR) is 74.8 cm³/mol. The van der Waals surface area contributed by atoms with E-state index < -0.39 is 12.6 Å². The monoisotopic (exact) mass is 300 g/mol. The van der Waals surface area contributed by atoms with Gasteiger partial charge in [-0.15, -0.1) is 0 Å². The first-order valence-corrected chi connectivity index (χ1v) is 7.05. The number of hydrogen-bond donors (Lipinski definition) is 2. The van der Waals surface area contributed by atoms with Crippen LogP contribution in [0.15, 0.2) is 24.3 Å². The zero-order chi connectivity index (χ0) is 15.5. The molecule has 0 saturated heterocycles. The molecule has 0 spiro atoms. The number of rotatable bonds is 4. The molecule has 6 heteroatoms. The minimum absolute atomic E-state index is 0.0150. The number of benzene rings is 1. The first-order chi connectivity index (χ1) is 9.85. The Balaban J connectivity index is 2.00. The number of para-hydroxylation sites is 1. The highest BCUT2D eigenvalue weighted by atomic mass is 19.4. The molecule has 1 aromatic rings. The van der Waals surface area contributed by atoms with Gasteiger partial charge in [0.15, 0.2) is 0 Å². The van der Waals surface area contributed by atoms with Crippen LogP contribution in [0.2, 0.25) is 0 Å². The fourth-order valence-corrected chi connectivity index (χ4v) is 2.77. The van der Waals surface area contributed by atoms with Crippen LogP contribution in [0, 0.1) is 5.92 Å². The highest BCUT2D eigenvalue weighted by Crippen LogP contribution is 2.29. The second kappa shape index (κ2) is 6.47. The molecular weight excluding hydrogens is 281 g/mol. The molecule has 1 aliphatic carbocycles.